The Hall–Kier alpha value is -2.36. The third-order valence-corrected chi connectivity index (χ3v) is 2.17. The Kier molecular flexibility index (Phi) is 3.05. The average Bonchev–Trinajstić information content (AvgIpc) is 2.29. The smallest absolute Gasteiger partial charge is 0.248 e. The third kappa shape index (κ3) is 2.81. The number of nitrogens with two attached hydrogens (primary N) is 1. The van der Waals surface area contributed by atoms with Gasteiger partial charge in [0.25, 0.3) is 0 Å². The zero-order chi connectivity index (χ0) is 12.3. The van der Waals surface area contributed by atoms with Crippen molar-refractivity contribution in [1.82, 2.24) is 0 Å². The molecule has 0 atom stereocenters. The number of carbonyl (C=O) groups excluding carboxylic acids is 1. The Morgan fingerprint density at radius 3 is 2.35 bits per heavy atom. The quantitative estimate of drug-likeness (QED) is 0.882. The van der Waals surface area contributed by atoms with Gasteiger partial charge in [-0.15, -0.1) is 0 Å². The van der Waals surface area contributed by atoms with Crippen molar-refractivity contribution < 1.29 is 13.9 Å². The van der Waals surface area contributed by atoms with Gasteiger partial charge in [0.15, 0.2) is 0 Å². The van der Waals surface area contributed by atoms with Crippen LogP contribution in [0, 0.1) is 5.82 Å². The average molecular weight is 231 g/mol. The Morgan fingerprint density at radius 1 is 1.06 bits per heavy atom. The first kappa shape index (κ1) is 11.1. The first-order valence-electron chi connectivity index (χ1n) is 4.98. The molecule has 2 N–H and O–H groups in total. The molecule has 4 heteroatoms. The molecule has 0 saturated carbocycles. The fraction of sp³-hybridized carbons (Fsp3) is 0. The second-order valence-electron chi connectivity index (χ2n) is 3.45. The predicted octanol–water partition coefficient (Wildman–Crippen LogP) is 2.72. The lowest BCUT2D eigenvalue weighted by molar-refractivity contribution is 0.100. The fourth-order valence-electron chi connectivity index (χ4n) is 1.35. The molecule has 0 fully saturated rings. The Balaban J connectivity index is 2.16. The van der Waals surface area contributed by atoms with Gasteiger partial charge in [0.2, 0.25) is 5.91 Å². The summed E-state index contributed by atoms with van der Waals surface area (Å²) in [5.41, 5.74) is 5.51. The Morgan fingerprint density at radius 2 is 1.76 bits per heavy atom. The van der Waals surface area contributed by atoms with Gasteiger partial charge in [-0.1, -0.05) is 6.07 Å². The fourth-order valence-corrected chi connectivity index (χ4v) is 1.35. The highest BCUT2D eigenvalue weighted by atomic mass is 19.1. The van der Waals surface area contributed by atoms with E-state index in [2.05, 4.69) is 0 Å². The number of carbonyl (C=O) groups is 1. The number of primary amides is 1. The predicted molar refractivity (Wildman–Crippen MR) is 61.4 cm³/mol. The molecule has 0 unspecified atom stereocenters. The molecule has 86 valence electrons. The lowest BCUT2D eigenvalue weighted by atomic mass is 10.2. The minimum atomic E-state index is -0.498. The van der Waals surface area contributed by atoms with Gasteiger partial charge in [0, 0.05) is 11.6 Å². The molecule has 0 aliphatic heterocycles. The van der Waals surface area contributed by atoms with Crippen LogP contribution in [-0.4, -0.2) is 5.91 Å². The molecule has 1 amide bonds. The van der Waals surface area contributed by atoms with E-state index in [-0.39, 0.29) is 5.82 Å². The standard InChI is InChI=1S/C13H10FNO2/c14-10-2-1-3-12(8-10)17-11-6-4-9(5-7-11)13(15)16/h1-8H,(H2,15,16). The summed E-state index contributed by atoms with van der Waals surface area (Å²) < 4.78 is 18.3. The monoisotopic (exact) mass is 231 g/mol. The van der Waals surface area contributed by atoms with Crippen LogP contribution in [0.25, 0.3) is 0 Å². The van der Waals surface area contributed by atoms with Gasteiger partial charge in [-0.25, -0.2) is 4.39 Å². The van der Waals surface area contributed by atoms with Crippen molar-refractivity contribution >= 4 is 5.91 Å². The molecule has 0 bridgehead atoms. The van der Waals surface area contributed by atoms with Crippen LogP contribution in [0.5, 0.6) is 11.5 Å². The summed E-state index contributed by atoms with van der Waals surface area (Å²) in [6.07, 6.45) is 0. The van der Waals surface area contributed by atoms with Crippen LogP contribution in [0.2, 0.25) is 0 Å². The molecule has 0 aromatic heterocycles. The summed E-state index contributed by atoms with van der Waals surface area (Å²) in [5, 5.41) is 0. The zero-order valence-corrected chi connectivity index (χ0v) is 8.89. The van der Waals surface area contributed by atoms with E-state index in [0.29, 0.717) is 17.1 Å². The lowest BCUT2D eigenvalue weighted by Gasteiger charge is -2.05. The van der Waals surface area contributed by atoms with Crippen molar-refractivity contribution in [2.75, 3.05) is 0 Å². The highest BCUT2D eigenvalue weighted by Crippen LogP contribution is 2.22. The van der Waals surface area contributed by atoms with Crippen LogP contribution in [0.1, 0.15) is 10.4 Å². The number of hydrogen-bond acceptors (Lipinski definition) is 2. The summed E-state index contributed by atoms with van der Waals surface area (Å²) in [6, 6.07) is 12.1. The maximum Gasteiger partial charge on any atom is 0.248 e. The largest absolute Gasteiger partial charge is 0.457 e. The molecule has 0 radical (unpaired) electrons. The van der Waals surface area contributed by atoms with Gasteiger partial charge in [0.1, 0.15) is 17.3 Å². The molecule has 0 spiro atoms. The van der Waals surface area contributed by atoms with Crippen molar-refractivity contribution in [2.45, 2.75) is 0 Å². The maximum atomic E-state index is 12.9. The van der Waals surface area contributed by atoms with E-state index in [1.807, 2.05) is 0 Å². The van der Waals surface area contributed by atoms with Gasteiger partial charge >= 0.3 is 0 Å². The molecule has 0 aliphatic carbocycles. The van der Waals surface area contributed by atoms with E-state index in [1.54, 1.807) is 36.4 Å². The van der Waals surface area contributed by atoms with Crippen molar-refractivity contribution in [1.29, 1.82) is 0 Å². The Labute approximate surface area is 97.6 Å². The van der Waals surface area contributed by atoms with E-state index in [1.165, 1.54) is 12.1 Å². The highest BCUT2D eigenvalue weighted by molar-refractivity contribution is 5.92. The van der Waals surface area contributed by atoms with Crippen LogP contribution in [0.3, 0.4) is 0 Å². The van der Waals surface area contributed by atoms with Gasteiger partial charge in [-0.05, 0) is 36.4 Å². The zero-order valence-electron chi connectivity index (χ0n) is 8.89. The SMILES string of the molecule is NC(=O)c1ccc(Oc2cccc(F)c2)cc1. The van der Waals surface area contributed by atoms with Crippen LogP contribution in [0.15, 0.2) is 48.5 Å². The van der Waals surface area contributed by atoms with Gasteiger partial charge in [-0.2, -0.15) is 0 Å². The summed E-state index contributed by atoms with van der Waals surface area (Å²) in [5.74, 6) is 0.0518. The molecule has 17 heavy (non-hydrogen) atoms. The Bertz CT molecular complexity index is 537. The van der Waals surface area contributed by atoms with E-state index in [9.17, 15) is 9.18 Å². The number of amides is 1. The van der Waals surface area contributed by atoms with Gasteiger partial charge in [0.05, 0.1) is 0 Å². The van der Waals surface area contributed by atoms with Crippen LogP contribution in [-0.2, 0) is 0 Å². The van der Waals surface area contributed by atoms with Crippen molar-refractivity contribution in [2.24, 2.45) is 5.73 Å². The summed E-state index contributed by atoms with van der Waals surface area (Å²) in [4.78, 5) is 10.8. The second-order valence-corrected chi connectivity index (χ2v) is 3.45. The van der Waals surface area contributed by atoms with E-state index < -0.39 is 5.91 Å². The molecule has 0 aliphatic rings. The lowest BCUT2D eigenvalue weighted by Crippen LogP contribution is -2.10. The van der Waals surface area contributed by atoms with E-state index in [4.69, 9.17) is 10.5 Å². The minimum Gasteiger partial charge on any atom is -0.457 e. The number of benzene rings is 2. The molecule has 3 nitrogen and oxygen atoms in total. The maximum absolute atomic E-state index is 12.9. The molecule has 0 saturated heterocycles. The van der Waals surface area contributed by atoms with Crippen molar-refractivity contribution in [3.8, 4) is 11.5 Å². The van der Waals surface area contributed by atoms with E-state index >= 15 is 0 Å². The normalized spacial score (nSPS) is 9.94. The summed E-state index contributed by atoms with van der Waals surface area (Å²) in [7, 11) is 0. The van der Waals surface area contributed by atoms with Gasteiger partial charge in [-0.3, -0.25) is 4.79 Å². The minimum absolute atomic E-state index is 0.365. The van der Waals surface area contributed by atoms with E-state index in [0.717, 1.165) is 0 Å². The molecular formula is C13H10FNO2. The van der Waals surface area contributed by atoms with Crippen LogP contribution < -0.4 is 10.5 Å². The number of ether oxygens (including phenoxy) is 1. The summed E-state index contributed by atoms with van der Waals surface area (Å²) >= 11 is 0. The van der Waals surface area contributed by atoms with Crippen LogP contribution in [0.4, 0.5) is 4.39 Å². The third-order valence-electron chi connectivity index (χ3n) is 2.17. The molecular weight excluding hydrogens is 221 g/mol. The van der Waals surface area contributed by atoms with Crippen molar-refractivity contribution in [3.63, 3.8) is 0 Å². The van der Waals surface area contributed by atoms with Crippen molar-refractivity contribution in [3.05, 3.63) is 59.9 Å². The first-order chi connectivity index (χ1) is 8.15. The molecule has 2 rings (SSSR count). The number of halogens is 1. The topological polar surface area (TPSA) is 52.3 Å². The second kappa shape index (κ2) is 4.65. The number of rotatable bonds is 3. The highest BCUT2D eigenvalue weighted by Gasteiger charge is 2.02. The van der Waals surface area contributed by atoms with Gasteiger partial charge < -0.3 is 10.5 Å². The first-order valence-corrected chi connectivity index (χ1v) is 4.98. The summed E-state index contributed by atoms with van der Waals surface area (Å²) in [6.45, 7) is 0. The number of hydrogen-bond donors (Lipinski definition) is 1. The molecule has 2 aromatic rings. The molecule has 2 aromatic carbocycles. The molecule has 0 heterocycles. The van der Waals surface area contributed by atoms with Crippen LogP contribution >= 0.6 is 0 Å².